The summed E-state index contributed by atoms with van der Waals surface area (Å²) in [5.41, 5.74) is 0.684. The van der Waals surface area contributed by atoms with Crippen molar-refractivity contribution in [2.45, 2.75) is 13.8 Å². The lowest BCUT2D eigenvalue weighted by molar-refractivity contribution is 0.0643. The lowest BCUT2D eigenvalue weighted by Gasteiger charge is -2.35. The van der Waals surface area contributed by atoms with E-state index in [0.29, 0.717) is 5.56 Å². The molecule has 0 unspecified atom stereocenters. The molecular formula is C13H21N4O. The molecule has 0 aromatic carbocycles. The summed E-state index contributed by atoms with van der Waals surface area (Å²) >= 11 is 0. The van der Waals surface area contributed by atoms with Crippen molar-refractivity contribution in [2.75, 3.05) is 32.7 Å². The summed E-state index contributed by atoms with van der Waals surface area (Å²) in [6.45, 7) is 8.85. The monoisotopic (exact) mass is 249 g/mol. The molecule has 1 radical (unpaired) electrons. The van der Waals surface area contributed by atoms with E-state index in [2.05, 4.69) is 23.8 Å². The summed E-state index contributed by atoms with van der Waals surface area (Å²) in [7, 11) is 1.83. The first-order chi connectivity index (χ1) is 8.56. The summed E-state index contributed by atoms with van der Waals surface area (Å²) in [4.78, 5) is 16.5. The molecule has 1 aliphatic rings. The first-order valence-corrected chi connectivity index (χ1v) is 6.35. The molecule has 1 saturated heterocycles. The third-order valence-electron chi connectivity index (χ3n) is 3.15. The maximum absolute atomic E-state index is 12.2. The van der Waals surface area contributed by atoms with Crippen molar-refractivity contribution in [1.82, 2.24) is 19.6 Å². The topological polar surface area (TPSA) is 41.4 Å². The predicted molar refractivity (Wildman–Crippen MR) is 70.1 cm³/mol. The normalized spacial score (nSPS) is 17.4. The van der Waals surface area contributed by atoms with Crippen molar-refractivity contribution in [1.29, 1.82) is 0 Å². The fourth-order valence-corrected chi connectivity index (χ4v) is 2.27. The second-order valence-corrected chi connectivity index (χ2v) is 5.18. The Kier molecular flexibility index (Phi) is 4.01. The van der Waals surface area contributed by atoms with Gasteiger partial charge in [-0.05, 0) is 5.92 Å². The van der Waals surface area contributed by atoms with Gasteiger partial charge in [0.15, 0.2) is 0 Å². The Morgan fingerprint density at radius 2 is 1.94 bits per heavy atom. The summed E-state index contributed by atoms with van der Waals surface area (Å²) in [6, 6.07) is 0. The number of carbonyl (C=O) groups excluding carboxylic acids is 1. The first kappa shape index (κ1) is 13.1. The maximum Gasteiger partial charge on any atom is 0.257 e. The van der Waals surface area contributed by atoms with Crippen LogP contribution in [-0.4, -0.2) is 58.2 Å². The van der Waals surface area contributed by atoms with Crippen molar-refractivity contribution in [3.8, 4) is 0 Å². The molecule has 99 valence electrons. The van der Waals surface area contributed by atoms with Crippen LogP contribution < -0.4 is 0 Å². The van der Waals surface area contributed by atoms with Gasteiger partial charge >= 0.3 is 0 Å². The molecule has 5 heteroatoms. The molecule has 0 saturated carbocycles. The van der Waals surface area contributed by atoms with Crippen LogP contribution in [0.1, 0.15) is 24.2 Å². The largest absolute Gasteiger partial charge is 0.336 e. The Bertz CT molecular complexity index is 405. The van der Waals surface area contributed by atoms with Crippen LogP contribution in [0.5, 0.6) is 0 Å². The molecule has 0 N–H and O–H groups in total. The Hall–Kier alpha value is -1.36. The van der Waals surface area contributed by atoms with E-state index >= 15 is 0 Å². The lowest BCUT2D eigenvalue weighted by atomic mass is 10.2. The second-order valence-electron chi connectivity index (χ2n) is 5.18. The molecule has 1 aliphatic heterocycles. The molecule has 1 amide bonds. The van der Waals surface area contributed by atoms with E-state index in [1.165, 1.54) is 5.92 Å². The molecule has 2 heterocycles. The van der Waals surface area contributed by atoms with Crippen LogP contribution in [0, 0.1) is 5.92 Å². The van der Waals surface area contributed by atoms with Gasteiger partial charge in [-0.1, -0.05) is 13.8 Å². The Labute approximate surface area is 108 Å². The van der Waals surface area contributed by atoms with Crippen LogP contribution in [0.25, 0.3) is 0 Å². The molecule has 0 spiro atoms. The van der Waals surface area contributed by atoms with Crippen molar-refractivity contribution in [2.24, 2.45) is 7.05 Å². The zero-order valence-electron chi connectivity index (χ0n) is 11.4. The van der Waals surface area contributed by atoms with E-state index in [1.54, 1.807) is 17.1 Å². The molecular weight excluding hydrogens is 228 g/mol. The average molecular weight is 249 g/mol. The minimum Gasteiger partial charge on any atom is -0.336 e. The third-order valence-corrected chi connectivity index (χ3v) is 3.15. The Morgan fingerprint density at radius 3 is 2.44 bits per heavy atom. The molecule has 1 aromatic heterocycles. The van der Waals surface area contributed by atoms with Gasteiger partial charge in [0, 0.05) is 46.0 Å². The van der Waals surface area contributed by atoms with E-state index < -0.39 is 0 Å². The number of carbonyl (C=O) groups is 1. The van der Waals surface area contributed by atoms with Crippen LogP contribution in [0.15, 0.2) is 12.4 Å². The van der Waals surface area contributed by atoms with Crippen LogP contribution in [0.4, 0.5) is 0 Å². The maximum atomic E-state index is 12.2. The minimum absolute atomic E-state index is 0.0972. The van der Waals surface area contributed by atoms with Crippen molar-refractivity contribution < 1.29 is 4.79 Å². The predicted octanol–water partition coefficient (Wildman–Crippen LogP) is 0.792. The van der Waals surface area contributed by atoms with Crippen molar-refractivity contribution in [3.63, 3.8) is 0 Å². The van der Waals surface area contributed by atoms with E-state index in [-0.39, 0.29) is 5.91 Å². The van der Waals surface area contributed by atoms with Gasteiger partial charge in [-0.15, -0.1) is 0 Å². The number of aryl methyl sites for hydroxylation is 1. The summed E-state index contributed by atoms with van der Waals surface area (Å²) in [5, 5.41) is 4.04. The standard InChI is InChI=1S/C13H21N4O/c1-11(2)9-16-4-6-17(7-5-16)13(18)12-8-14-15(3)10-12/h8,10H,4-7,9H2,1-3H3. The molecule has 18 heavy (non-hydrogen) atoms. The zero-order valence-corrected chi connectivity index (χ0v) is 11.4. The van der Waals surface area contributed by atoms with E-state index in [9.17, 15) is 4.79 Å². The van der Waals surface area contributed by atoms with Gasteiger partial charge in [0.05, 0.1) is 11.8 Å². The van der Waals surface area contributed by atoms with E-state index in [0.717, 1.165) is 32.7 Å². The molecule has 5 nitrogen and oxygen atoms in total. The van der Waals surface area contributed by atoms with Gasteiger partial charge in [0.2, 0.25) is 0 Å². The molecule has 0 aliphatic carbocycles. The molecule has 2 rings (SSSR count). The van der Waals surface area contributed by atoms with Crippen LogP contribution in [0.3, 0.4) is 0 Å². The smallest absolute Gasteiger partial charge is 0.257 e. The zero-order chi connectivity index (χ0) is 13.1. The number of nitrogens with zero attached hydrogens (tertiary/aromatic N) is 4. The van der Waals surface area contributed by atoms with Gasteiger partial charge in [0.25, 0.3) is 5.91 Å². The molecule has 0 bridgehead atoms. The minimum atomic E-state index is 0.0972. The SMILES string of the molecule is C[C](C)CN1CCN(C(=O)c2cnn(C)c2)CC1. The quantitative estimate of drug-likeness (QED) is 0.795. The van der Waals surface area contributed by atoms with Crippen LogP contribution in [-0.2, 0) is 7.05 Å². The number of hydrogen-bond acceptors (Lipinski definition) is 3. The highest BCUT2D eigenvalue weighted by Crippen LogP contribution is 2.09. The van der Waals surface area contributed by atoms with Gasteiger partial charge < -0.3 is 4.90 Å². The average Bonchev–Trinajstić information content (AvgIpc) is 2.75. The Balaban J connectivity index is 1.88. The highest BCUT2D eigenvalue weighted by Gasteiger charge is 2.23. The number of amides is 1. The second kappa shape index (κ2) is 5.52. The third kappa shape index (κ3) is 3.10. The first-order valence-electron chi connectivity index (χ1n) is 6.35. The molecule has 1 fully saturated rings. The van der Waals surface area contributed by atoms with Gasteiger partial charge in [0.1, 0.15) is 0 Å². The van der Waals surface area contributed by atoms with Crippen LogP contribution >= 0.6 is 0 Å². The molecule has 0 atom stereocenters. The van der Waals surface area contributed by atoms with Crippen molar-refractivity contribution in [3.05, 3.63) is 23.9 Å². The summed E-state index contributed by atoms with van der Waals surface area (Å²) in [6.07, 6.45) is 3.41. The fourth-order valence-electron chi connectivity index (χ4n) is 2.27. The highest BCUT2D eigenvalue weighted by atomic mass is 16.2. The van der Waals surface area contributed by atoms with Gasteiger partial charge in [-0.2, -0.15) is 5.10 Å². The van der Waals surface area contributed by atoms with Gasteiger partial charge in [-0.3, -0.25) is 14.4 Å². The summed E-state index contributed by atoms with van der Waals surface area (Å²) < 4.78 is 1.67. The number of piperazine rings is 1. The fraction of sp³-hybridized carbons (Fsp3) is 0.615. The summed E-state index contributed by atoms with van der Waals surface area (Å²) in [5.74, 6) is 1.52. The van der Waals surface area contributed by atoms with Gasteiger partial charge in [-0.25, -0.2) is 0 Å². The van der Waals surface area contributed by atoms with E-state index in [4.69, 9.17) is 0 Å². The van der Waals surface area contributed by atoms with Crippen molar-refractivity contribution >= 4 is 5.91 Å². The highest BCUT2D eigenvalue weighted by molar-refractivity contribution is 5.93. The molecule has 1 aromatic rings. The number of aromatic nitrogens is 2. The van der Waals surface area contributed by atoms with E-state index in [1.807, 2.05) is 11.9 Å². The Morgan fingerprint density at radius 1 is 1.28 bits per heavy atom. The number of hydrogen-bond donors (Lipinski definition) is 0. The van der Waals surface area contributed by atoms with Crippen LogP contribution in [0.2, 0.25) is 0 Å². The number of rotatable bonds is 3. The lowest BCUT2D eigenvalue weighted by Crippen LogP contribution is -2.49.